The van der Waals surface area contributed by atoms with Crippen molar-refractivity contribution >= 4 is 17.2 Å². The molecule has 0 amide bonds. The van der Waals surface area contributed by atoms with Crippen LogP contribution in [0.25, 0.3) is 0 Å². The van der Waals surface area contributed by atoms with Gasteiger partial charge in [-0.2, -0.15) is 9.29 Å². The minimum absolute atomic E-state index is 0.0379. The van der Waals surface area contributed by atoms with Crippen molar-refractivity contribution in [3.8, 4) is 6.01 Å². The van der Waals surface area contributed by atoms with Gasteiger partial charge < -0.3 is 9.29 Å². The van der Waals surface area contributed by atoms with Crippen LogP contribution in [-0.4, -0.2) is 26.5 Å². The maximum Gasteiger partial charge on any atom is 0.318 e. The first-order chi connectivity index (χ1) is 11.0. The highest BCUT2D eigenvalue weighted by Gasteiger charge is 2.47. The molecule has 2 aliphatic rings. The molecule has 1 aliphatic heterocycles. The molecular weight excluding hydrogens is 324 g/mol. The number of aromatic nitrogens is 2. The summed E-state index contributed by atoms with van der Waals surface area (Å²) in [6, 6.07) is 9.14. The normalized spacial score (nSPS) is 22.6. The largest absolute Gasteiger partial charge is 0.588 e. The van der Waals surface area contributed by atoms with Gasteiger partial charge in [0.2, 0.25) is 0 Å². The van der Waals surface area contributed by atoms with Crippen LogP contribution < -0.4 is 9.04 Å². The lowest BCUT2D eigenvalue weighted by Gasteiger charge is -2.34. The Morgan fingerprint density at radius 1 is 1.26 bits per heavy atom. The molecule has 0 saturated heterocycles. The Bertz CT molecular complexity index is 738. The van der Waals surface area contributed by atoms with Crippen LogP contribution in [0.15, 0.2) is 41.4 Å². The van der Waals surface area contributed by atoms with Crippen molar-refractivity contribution in [3.05, 3.63) is 42.1 Å². The third-order valence-corrected chi connectivity index (χ3v) is 5.36. The van der Waals surface area contributed by atoms with Crippen molar-refractivity contribution in [1.82, 2.24) is 9.97 Å². The van der Waals surface area contributed by atoms with Crippen LogP contribution in [0.4, 0.5) is 14.6 Å². The van der Waals surface area contributed by atoms with Gasteiger partial charge in [-0.15, -0.1) is 0 Å². The van der Waals surface area contributed by atoms with E-state index < -0.39 is 23.4 Å². The fraction of sp³-hybridized carbons (Fsp3) is 0.333. The maximum atomic E-state index is 12.8. The summed E-state index contributed by atoms with van der Waals surface area (Å²) in [7, 11) is 0. The monoisotopic (exact) mass is 337 g/mol. The molecule has 0 spiro atoms. The molecule has 1 aromatic heterocycles. The number of rotatable bonds is 3. The summed E-state index contributed by atoms with van der Waals surface area (Å²) in [6.45, 7) is 0.473. The zero-order valence-corrected chi connectivity index (χ0v) is 12.8. The van der Waals surface area contributed by atoms with Crippen LogP contribution in [0.3, 0.4) is 0 Å². The summed E-state index contributed by atoms with van der Waals surface area (Å²) in [5.74, 6) is -2.20. The molecule has 23 heavy (non-hydrogen) atoms. The molecule has 0 N–H and O–H groups in total. The van der Waals surface area contributed by atoms with Crippen LogP contribution in [0, 0.1) is 0 Å². The minimum Gasteiger partial charge on any atom is -0.588 e. The van der Waals surface area contributed by atoms with Crippen molar-refractivity contribution in [2.24, 2.45) is 0 Å². The second-order valence-electron chi connectivity index (χ2n) is 5.59. The quantitative estimate of drug-likeness (QED) is 0.806. The highest BCUT2D eigenvalue weighted by atomic mass is 32.2. The van der Waals surface area contributed by atoms with Gasteiger partial charge in [-0.05, 0) is 6.07 Å². The molecule has 4 rings (SSSR count). The molecule has 8 heteroatoms. The Balaban J connectivity index is 1.51. The van der Waals surface area contributed by atoms with Crippen molar-refractivity contribution in [1.29, 1.82) is 0 Å². The first-order valence-electron chi connectivity index (χ1n) is 7.17. The van der Waals surface area contributed by atoms with E-state index in [4.69, 9.17) is 4.74 Å². The van der Waals surface area contributed by atoms with Gasteiger partial charge in [0.15, 0.2) is 10.7 Å². The highest BCUT2D eigenvalue weighted by Crippen LogP contribution is 2.39. The zero-order valence-electron chi connectivity index (χ0n) is 12.0. The SMILES string of the molecule is [O-][S+]1c2ccccc2CN1c1ccnc(OC2CC(F)(F)C2)n1. The van der Waals surface area contributed by atoms with Crippen molar-refractivity contribution in [2.45, 2.75) is 36.3 Å². The third-order valence-electron chi connectivity index (χ3n) is 3.87. The lowest BCUT2D eigenvalue weighted by Crippen LogP contribution is -2.43. The number of halogens is 2. The minimum atomic E-state index is -2.65. The van der Waals surface area contributed by atoms with E-state index in [9.17, 15) is 13.3 Å². The van der Waals surface area contributed by atoms with Gasteiger partial charge >= 0.3 is 6.01 Å². The standard InChI is InChI=1S/C15H13F2N3O2S/c16-15(17)7-11(8-15)22-14-18-6-5-13(19-14)20-9-10-3-1-2-4-12(10)23(20)21/h1-6,11H,7-9H2. The van der Waals surface area contributed by atoms with Gasteiger partial charge in [0, 0.05) is 30.7 Å². The van der Waals surface area contributed by atoms with Crippen LogP contribution in [0.5, 0.6) is 6.01 Å². The molecule has 120 valence electrons. The first-order valence-corrected chi connectivity index (χ1v) is 8.27. The van der Waals surface area contributed by atoms with Gasteiger partial charge in [-0.25, -0.2) is 13.8 Å². The Kier molecular flexibility index (Phi) is 3.38. The number of benzene rings is 1. The second-order valence-corrected chi connectivity index (χ2v) is 6.97. The molecule has 0 bridgehead atoms. The van der Waals surface area contributed by atoms with Gasteiger partial charge in [0.05, 0.1) is 6.54 Å². The van der Waals surface area contributed by atoms with Crippen LogP contribution in [-0.2, 0) is 17.9 Å². The van der Waals surface area contributed by atoms with Crippen molar-refractivity contribution in [2.75, 3.05) is 4.31 Å². The van der Waals surface area contributed by atoms with E-state index in [0.29, 0.717) is 12.4 Å². The summed E-state index contributed by atoms with van der Waals surface area (Å²) in [4.78, 5) is 8.92. The Labute approximate surface area is 134 Å². The van der Waals surface area contributed by atoms with Gasteiger partial charge in [0.1, 0.15) is 17.5 Å². The lowest BCUT2D eigenvalue weighted by atomic mass is 9.91. The van der Waals surface area contributed by atoms with E-state index in [-0.39, 0.29) is 18.9 Å². The summed E-state index contributed by atoms with van der Waals surface area (Å²) in [5, 5.41) is 0. The van der Waals surface area contributed by atoms with Crippen molar-refractivity contribution < 1.29 is 18.1 Å². The predicted octanol–water partition coefficient (Wildman–Crippen LogP) is 2.70. The van der Waals surface area contributed by atoms with Crippen LogP contribution in [0.2, 0.25) is 0 Å². The summed E-state index contributed by atoms with van der Waals surface area (Å²) < 4.78 is 45.2. The molecule has 1 fully saturated rings. The summed E-state index contributed by atoms with van der Waals surface area (Å²) >= 11 is -1.34. The highest BCUT2D eigenvalue weighted by molar-refractivity contribution is 7.93. The van der Waals surface area contributed by atoms with E-state index in [1.807, 2.05) is 24.3 Å². The van der Waals surface area contributed by atoms with Crippen LogP contribution >= 0.6 is 0 Å². The predicted molar refractivity (Wildman–Crippen MR) is 79.7 cm³/mol. The van der Waals surface area contributed by atoms with Gasteiger partial charge in [-0.3, -0.25) is 0 Å². The first kappa shape index (κ1) is 14.6. The third kappa shape index (κ3) is 2.72. The number of fused-ring (bicyclic) bond motifs is 1. The number of alkyl halides is 2. The Morgan fingerprint density at radius 3 is 2.78 bits per heavy atom. The number of anilines is 1. The second kappa shape index (κ2) is 5.31. The smallest absolute Gasteiger partial charge is 0.318 e. The topological polar surface area (TPSA) is 61.3 Å². The summed E-state index contributed by atoms with van der Waals surface area (Å²) in [6.07, 6.45) is 0.277. The molecule has 0 radical (unpaired) electrons. The van der Waals surface area contributed by atoms with Gasteiger partial charge in [-0.1, -0.05) is 18.2 Å². The molecule has 1 atom stereocenters. The molecular formula is C15H13F2N3O2S. The molecule has 2 heterocycles. The number of nitrogens with zero attached hydrogens (tertiary/aromatic N) is 3. The number of ether oxygens (including phenoxy) is 1. The molecule has 1 aromatic carbocycles. The van der Waals surface area contributed by atoms with E-state index in [0.717, 1.165) is 10.5 Å². The lowest BCUT2D eigenvalue weighted by molar-refractivity contribution is -0.136. The average molecular weight is 337 g/mol. The number of hydrogen-bond acceptors (Lipinski definition) is 5. The zero-order chi connectivity index (χ0) is 16.0. The fourth-order valence-corrected chi connectivity index (χ4v) is 3.99. The van der Waals surface area contributed by atoms with E-state index in [2.05, 4.69) is 9.97 Å². The van der Waals surface area contributed by atoms with E-state index >= 15 is 0 Å². The maximum absolute atomic E-state index is 12.8. The Hall–Kier alpha value is -1.93. The van der Waals surface area contributed by atoms with Crippen molar-refractivity contribution in [3.63, 3.8) is 0 Å². The molecule has 1 saturated carbocycles. The van der Waals surface area contributed by atoms with Crippen LogP contribution in [0.1, 0.15) is 18.4 Å². The fourth-order valence-electron chi connectivity index (χ4n) is 2.67. The Morgan fingerprint density at radius 2 is 2.04 bits per heavy atom. The molecule has 1 unspecified atom stereocenters. The number of hydrogen-bond donors (Lipinski definition) is 0. The van der Waals surface area contributed by atoms with E-state index in [1.54, 1.807) is 10.4 Å². The summed E-state index contributed by atoms with van der Waals surface area (Å²) in [5.41, 5.74) is 0.977. The van der Waals surface area contributed by atoms with E-state index in [1.165, 1.54) is 6.20 Å². The molecule has 5 nitrogen and oxygen atoms in total. The average Bonchev–Trinajstić information content (AvgIpc) is 2.83. The molecule has 1 aliphatic carbocycles. The van der Waals surface area contributed by atoms with Gasteiger partial charge in [0.25, 0.3) is 5.92 Å². The molecule has 2 aromatic rings.